The highest BCUT2D eigenvalue weighted by Crippen LogP contribution is 2.20. The molecule has 0 bridgehead atoms. The standard InChI is InChI=1S/C17H26N6O2/c1-22(2)15-9-14(19-11-20-15)21-13-5-7-23(8-6-13)17(25)12-3-4-16(24)18-10-12/h9,11-13H,3-8,10H2,1-2H3,(H,18,24)(H,19,20,21). The van der Waals surface area contributed by atoms with Crippen LogP contribution in [0.4, 0.5) is 11.6 Å². The molecule has 2 fully saturated rings. The van der Waals surface area contributed by atoms with E-state index in [1.165, 1.54) is 0 Å². The summed E-state index contributed by atoms with van der Waals surface area (Å²) in [5, 5.41) is 6.24. The Kier molecular flexibility index (Phi) is 5.35. The smallest absolute Gasteiger partial charge is 0.227 e. The Labute approximate surface area is 148 Å². The van der Waals surface area contributed by atoms with Crippen LogP contribution < -0.4 is 15.5 Å². The Balaban J connectivity index is 1.49. The fraction of sp³-hybridized carbons (Fsp3) is 0.647. The SMILES string of the molecule is CN(C)c1cc(NC2CCN(C(=O)C3CCC(=O)NC3)CC2)ncn1. The molecule has 3 heterocycles. The van der Waals surface area contributed by atoms with Gasteiger partial charge >= 0.3 is 0 Å². The van der Waals surface area contributed by atoms with Gasteiger partial charge in [0, 0.05) is 52.3 Å². The van der Waals surface area contributed by atoms with Crippen molar-refractivity contribution >= 4 is 23.5 Å². The van der Waals surface area contributed by atoms with Crippen molar-refractivity contribution in [2.75, 3.05) is 43.9 Å². The van der Waals surface area contributed by atoms with Crippen LogP contribution in [0.2, 0.25) is 0 Å². The van der Waals surface area contributed by atoms with Gasteiger partial charge in [-0.05, 0) is 19.3 Å². The highest BCUT2D eigenvalue weighted by atomic mass is 16.2. The summed E-state index contributed by atoms with van der Waals surface area (Å²) in [6.07, 6.45) is 4.47. The predicted molar refractivity (Wildman–Crippen MR) is 95.3 cm³/mol. The lowest BCUT2D eigenvalue weighted by Crippen LogP contribution is -2.48. The van der Waals surface area contributed by atoms with Crippen molar-refractivity contribution in [3.63, 3.8) is 0 Å². The third-order valence-electron chi connectivity index (χ3n) is 4.88. The highest BCUT2D eigenvalue weighted by molar-refractivity contribution is 5.83. The lowest BCUT2D eigenvalue weighted by atomic mass is 9.96. The topological polar surface area (TPSA) is 90.5 Å². The zero-order chi connectivity index (χ0) is 17.8. The van der Waals surface area contributed by atoms with Crippen LogP contribution in [0.5, 0.6) is 0 Å². The van der Waals surface area contributed by atoms with Crippen molar-refractivity contribution in [3.8, 4) is 0 Å². The van der Waals surface area contributed by atoms with Gasteiger partial charge in [-0.25, -0.2) is 9.97 Å². The number of carbonyl (C=O) groups excluding carboxylic acids is 2. The molecule has 25 heavy (non-hydrogen) atoms. The fourth-order valence-corrected chi connectivity index (χ4v) is 3.33. The van der Waals surface area contributed by atoms with Gasteiger partial charge in [-0.2, -0.15) is 0 Å². The number of rotatable bonds is 4. The first-order valence-electron chi connectivity index (χ1n) is 8.84. The molecule has 8 heteroatoms. The number of nitrogens with one attached hydrogen (secondary N) is 2. The Morgan fingerprint density at radius 2 is 2.04 bits per heavy atom. The van der Waals surface area contributed by atoms with Crippen molar-refractivity contribution in [1.82, 2.24) is 20.2 Å². The first-order valence-corrected chi connectivity index (χ1v) is 8.84. The molecule has 2 aliphatic rings. The Morgan fingerprint density at radius 3 is 2.68 bits per heavy atom. The number of carbonyl (C=O) groups is 2. The molecule has 0 aromatic carbocycles. The largest absolute Gasteiger partial charge is 0.367 e. The molecule has 8 nitrogen and oxygen atoms in total. The van der Waals surface area contributed by atoms with Crippen LogP contribution in [0.25, 0.3) is 0 Å². The molecular weight excluding hydrogens is 320 g/mol. The van der Waals surface area contributed by atoms with Gasteiger partial charge in [0.15, 0.2) is 0 Å². The van der Waals surface area contributed by atoms with Gasteiger partial charge in [0.05, 0.1) is 5.92 Å². The minimum atomic E-state index is -0.0632. The maximum Gasteiger partial charge on any atom is 0.227 e. The molecule has 3 rings (SSSR count). The van der Waals surface area contributed by atoms with Crippen LogP contribution in [0, 0.1) is 5.92 Å². The van der Waals surface area contributed by atoms with E-state index in [1.54, 1.807) is 6.33 Å². The maximum absolute atomic E-state index is 12.6. The molecule has 2 aliphatic heterocycles. The number of hydrogen-bond donors (Lipinski definition) is 2. The normalized spacial score (nSPS) is 21.6. The molecule has 0 aliphatic carbocycles. The van der Waals surface area contributed by atoms with E-state index in [9.17, 15) is 9.59 Å². The van der Waals surface area contributed by atoms with E-state index >= 15 is 0 Å². The highest BCUT2D eigenvalue weighted by Gasteiger charge is 2.30. The Hall–Kier alpha value is -2.38. The van der Waals surface area contributed by atoms with Crippen molar-refractivity contribution in [2.24, 2.45) is 5.92 Å². The van der Waals surface area contributed by atoms with E-state index in [0.717, 1.165) is 37.6 Å². The molecule has 2 amide bonds. The summed E-state index contributed by atoms with van der Waals surface area (Å²) in [5.74, 6) is 1.85. The molecule has 1 aromatic rings. The minimum absolute atomic E-state index is 0.0499. The maximum atomic E-state index is 12.6. The molecule has 1 atom stereocenters. The molecular formula is C17H26N6O2. The van der Waals surface area contributed by atoms with E-state index < -0.39 is 0 Å². The molecule has 0 radical (unpaired) electrons. The molecule has 2 saturated heterocycles. The summed E-state index contributed by atoms with van der Waals surface area (Å²) in [6.45, 7) is 1.96. The number of amides is 2. The number of likely N-dealkylation sites (tertiary alicyclic amines) is 1. The van der Waals surface area contributed by atoms with E-state index in [4.69, 9.17) is 0 Å². The van der Waals surface area contributed by atoms with Crippen LogP contribution in [0.15, 0.2) is 12.4 Å². The second-order valence-electron chi connectivity index (χ2n) is 6.94. The molecule has 1 unspecified atom stereocenters. The van der Waals surface area contributed by atoms with Gasteiger partial charge in [0.2, 0.25) is 11.8 Å². The second-order valence-corrected chi connectivity index (χ2v) is 6.94. The summed E-state index contributed by atoms with van der Waals surface area (Å²) in [4.78, 5) is 36.2. The number of piperidine rings is 2. The number of nitrogens with zero attached hydrogens (tertiary/aromatic N) is 4. The molecule has 1 aromatic heterocycles. The van der Waals surface area contributed by atoms with Crippen LogP contribution in [0.3, 0.4) is 0 Å². The minimum Gasteiger partial charge on any atom is -0.367 e. The van der Waals surface area contributed by atoms with Gasteiger partial charge in [-0.1, -0.05) is 0 Å². The van der Waals surface area contributed by atoms with E-state index in [2.05, 4.69) is 20.6 Å². The number of anilines is 2. The van der Waals surface area contributed by atoms with Gasteiger partial charge in [0.1, 0.15) is 18.0 Å². The van der Waals surface area contributed by atoms with Gasteiger partial charge in [-0.15, -0.1) is 0 Å². The summed E-state index contributed by atoms with van der Waals surface area (Å²) in [6, 6.07) is 2.24. The zero-order valence-corrected chi connectivity index (χ0v) is 14.9. The number of aromatic nitrogens is 2. The second kappa shape index (κ2) is 7.67. The van der Waals surface area contributed by atoms with Gasteiger partial charge in [0.25, 0.3) is 0 Å². The van der Waals surface area contributed by atoms with Gasteiger partial charge in [-0.3, -0.25) is 9.59 Å². The summed E-state index contributed by atoms with van der Waals surface area (Å²) in [7, 11) is 3.90. The quantitative estimate of drug-likeness (QED) is 0.824. The molecule has 0 saturated carbocycles. The van der Waals surface area contributed by atoms with E-state index in [-0.39, 0.29) is 17.7 Å². The van der Waals surface area contributed by atoms with Gasteiger partial charge < -0.3 is 20.4 Å². The molecule has 0 spiro atoms. The Bertz CT molecular complexity index is 617. The van der Waals surface area contributed by atoms with Crippen LogP contribution in [-0.4, -0.2) is 66.5 Å². The van der Waals surface area contributed by atoms with Crippen LogP contribution in [0.1, 0.15) is 25.7 Å². The summed E-state index contributed by atoms with van der Waals surface area (Å²) < 4.78 is 0. The summed E-state index contributed by atoms with van der Waals surface area (Å²) in [5.41, 5.74) is 0. The lowest BCUT2D eigenvalue weighted by molar-refractivity contribution is -0.138. The van der Waals surface area contributed by atoms with E-state index in [1.807, 2.05) is 30.0 Å². The average molecular weight is 346 g/mol. The third kappa shape index (κ3) is 4.37. The fourth-order valence-electron chi connectivity index (χ4n) is 3.33. The number of hydrogen-bond acceptors (Lipinski definition) is 6. The average Bonchev–Trinajstić information content (AvgIpc) is 2.63. The third-order valence-corrected chi connectivity index (χ3v) is 4.88. The van der Waals surface area contributed by atoms with Crippen molar-refractivity contribution in [1.29, 1.82) is 0 Å². The Morgan fingerprint density at radius 1 is 1.28 bits per heavy atom. The van der Waals surface area contributed by atoms with Crippen LogP contribution >= 0.6 is 0 Å². The van der Waals surface area contributed by atoms with Crippen molar-refractivity contribution < 1.29 is 9.59 Å². The first kappa shape index (κ1) is 17.4. The van der Waals surface area contributed by atoms with E-state index in [0.29, 0.717) is 25.4 Å². The van der Waals surface area contributed by atoms with Crippen molar-refractivity contribution in [2.45, 2.75) is 31.7 Å². The lowest BCUT2D eigenvalue weighted by Gasteiger charge is -2.35. The van der Waals surface area contributed by atoms with Crippen LogP contribution in [-0.2, 0) is 9.59 Å². The monoisotopic (exact) mass is 346 g/mol. The zero-order valence-electron chi connectivity index (χ0n) is 14.9. The molecule has 2 N–H and O–H groups in total. The molecule has 136 valence electrons. The van der Waals surface area contributed by atoms with Crippen molar-refractivity contribution in [3.05, 3.63) is 12.4 Å². The first-order chi connectivity index (χ1) is 12.0. The summed E-state index contributed by atoms with van der Waals surface area (Å²) >= 11 is 0. The predicted octanol–water partition coefficient (Wildman–Crippen LogP) is 0.472.